The third kappa shape index (κ3) is 2.71. The van der Waals surface area contributed by atoms with Crippen molar-refractivity contribution in [3.05, 3.63) is 68.3 Å². The summed E-state index contributed by atoms with van der Waals surface area (Å²) in [6.45, 7) is 6.09. The normalized spacial score (nSPS) is 12.0. The average molecular weight is 332 g/mol. The van der Waals surface area contributed by atoms with Crippen molar-refractivity contribution >= 4 is 33.2 Å². The highest BCUT2D eigenvalue weighted by Crippen LogP contribution is 2.33. The number of nitrogens with zero attached hydrogens (tertiary/aromatic N) is 1. The Kier molecular flexibility index (Phi) is 3.87. The highest BCUT2D eigenvalue weighted by Gasteiger charge is 2.22. The molecule has 0 spiro atoms. The molecule has 0 aliphatic heterocycles. The van der Waals surface area contributed by atoms with E-state index in [4.69, 9.17) is 11.6 Å². The standard InChI is InChI=1S/C18H18ClNOS/c1-18(2,3)20-16-14(22-17(20)21)10-9-13(15(16)19)11-12-7-5-4-6-8-12/h4-10H,11H2,1-3H3. The van der Waals surface area contributed by atoms with E-state index in [1.807, 2.05) is 55.7 Å². The summed E-state index contributed by atoms with van der Waals surface area (Å²) in [5, 5.41) is 0.689. The molecule has 0 aliphatic rings. The molecule has 4 heteroatoms. The van der Waals surface area contributed by atoms with E-state index in [-0.39, 0.29) is 10.4 Å². The van der Waals surface area contributed by atoms with Gasteiger partial charge in [-0.3, -0.25) is 9.36 Å². The van der Waals surface area contributed by atoms with Gasteiger partial charge in [-0.1, -0.05) is 59.3 Å². The highest BCUT2D eigenvalue weighted by molar-refractivity contribution is 7.16. The van der Waals surface area contributed by atoms with E-state index in [1.165, 1.54) is 16.9 Å². The first-order chi connectivity index (χ1) is 10.4. The Morgan fingerprint density at radius 3 is 2.41 bits per heavy atom. The molecule has 22 heavy (non-hydrogen) atoms. The van der Waals surface area contributed by atoms with Crippen LogP contribution in [-0.4, -0.2) is 4.57 Å². The number of aromatic nitrogens is 1. The molecule has 114 valence electrons. The molecule has 0 radical (unpaired) electrons. The molecule has 0 amide bonds. The molecule has 0 aliphatic carbocycles. The van der Waals surface area contributed by atoms with Gasteiger partial charge in [0.25, 0.3) is 0 Å². The summed E-state index contributed by atoms with van der Waals surface area (Å²) >= 11 is 7.92. The molecule has 3 aromatic rings. The minimum Gasteiger partial charge on any atom is -0.292 e. The van der Waals surface area contributed by atoms with Crippen molar-refractivity contribution in [3.8, 4) is 0 Å². The number of thiazole rings is 1. The predicted molar refractivity (Wildman–Crippen MR) is 95.3 cm³/mol. The average Bonchev–Trinajstić information content (AvgIpc) is 2.80. The van der Waals surface area contributed by atoms with Gasteiger partial charge < -0.3 is 0 Å². The minimum absolute atomic E-state index is 0.0428. The van der Waals surface area contributed by atoms with Crippen molar-refractivity contribution in [1.82, 2.24) is 4.57 Å². The number of fused-ring (bicyclic) bond motifs is 1. The Morgan fingerprint density at radius 1 is 1.09 bits per heavy atom. The maximum absolute atomic E-state index is 12.3. The van der Waals surface area contributed by atoms with Gasteiger partial charge in [-0.2, -0.15) is 0 Å². The lowest BCUT2D eigenvalue weighted by Crippen LogP contribution is -2.30. The van der Waals surface area contributed by atoms with Crippen molar-refractivity contribution in [1.29, 1.82) is 0 Å². The maximum atomic E-state index is 12.3. The van der Waals surface area contributed by atoms with Crippen LogP contribution in [0.1, 0.15) is 31.9 Å². The van der Waals surface area contributed by atoms with Crippen molar-refractivity contribution in [2.75, 3.05) is 0 Å². The van der Waals surface area contributed by atoms with Crippen LogP contribution in [0.3, 0.4) is 0 Å². The SMILES string of the molecule is CC(C)(C)n1c(=O)sc2ccc(Cc3ccccc3)c(Cl)c21. The van der Waals surface area contributed by atoms with Crippen LogP contribution in [-0.2, 0) is 12.0 Å². The molecule has 0 saturated heterocycles. The second kappa shape index (κ2) is 5.56. The van der Waals surface area contributed by atoms with Gasteiger partial charge in [0.1, 0.15) is 0 Å². The lowest BCUT2D eigenvalue weighted by Gasteiger charge is -2.22. The quantitative estimate of drug-likeness (QED) is 0.643. The van der Waals surface area contributed by atoms with Crippen LogP contribution in [0.15, 0.2) is 47.3 Å². The fourth-order valence-electron chi connectivity index (χ4n) is 2.67. The van der Waals surface area contributed by atoms with Crippen molar-refractivity contribution in [2.24, 2.45) is 0 Å². The Balaban J connectivity index is 2.19. The molecule has 2 aromatic carbocycles. The van der Waals surface area contributed by atoms with E-state index >= 15 is 0 Å². The summed E-state index contributed by atoms with van der Waals surface area (Å²) < 4.78 is 2.76. The van der Waals surface area contributed by atoms with Gasteiger partial charge in [0.2, 0.25) is 0 Å². The van der Waals surface area contributed by atoms with Crippen molar-refractivity contribution < 1.29 is 0 Å². The van der Waals surface area contributed by atoms with E-state index in [1.54, 1.807) is 0 Å². The minimum atomic E-state index is -0.287. The molecule has 3 rings (SSSR count). The van der Waals surface area contributed by atoms with Gasteiger partial charge in [-0.25, -0.2) is 0 Å². The fourth-order valence-corrected chi connectivity index (χ4v) is 4.11. The molecule has 0 fully saturated rings. The van der Waals surface area contributed by atoms with Crippen LogP contribution in [0, 0.1) is 0 Å². The molecule has 2 nitrogen and oxygen atoms in total. The number of hydrogen-bond donors (Lipinski definition) is 0. The zero-order chi connectivity index (χ0) is 15.9. The van der Waals surface area contributed by atoms with E-state index in [9.17, 15) is 4.79 Å². The van der Waals surface area contributed by atoms with Crippen LogP contribution in [0.2, 0.25) is 5.02 Å². The number of rotatable bonds is 2. The first-order valence-corrected chi connectivity index (χ1v) is 8.45. The molecule has 1 aromatic heterocycles. The summed E-state index contributed by atoms with van der Waals surface area (Å²) in [4.78, 5) is 12.4. The van der Waals surface area contributed by atoms with Crippen LogP contribution in [0.25, 0.3) is 10.2 Å². The largest absolute Gasteiger partial charge is 0.308 e. The highest BCUT2D eigenvalue weighted by atomic mass is 35.5. The Morgan fingerprint density at radius 2 is 1.77 bits per heavy atom. The van der Waals surface area contributed by atoms with Gasteiger partial charge in [-0.15, -0.1) is 0 Å². The van der Waals surface area contributed by atoms with E-state index in [0.717, 1.165) is 22.2 Å². The first-order valence-electron chi connectivity index (χ1n) is 7.25. The molecular weight excluding hydrogens is 314 g/mol. The summed E-state index contributed by atoms with van der Waals surface area (Å²) in [5.74, 6) is 0. The van der Waals surface area contributed by atoms with Gasteiger partial charge in [0.05, 0.1) is 15.2 Å². The fraction of sp³-hybridized carbons (Fsp3) is 0.278. The second-order valence-electron chi connectivity index (χ2n) is 6.42. The topological polar surface area (TPSA) is 22.0 Å². The molecule has 0 saturated carbocycles. The first kappa shape index (κ1) is 15.3. The Labute approximate surface area is 139 Å². The predicted octanol–water partition coefficient (Wildman–Crippen LogP) is 5.06. The van der Waals surface area contributed by atoms with Gasteiger partial charge in [-0.05, 0) is 44.4 Å². The zero-order valence-electron chi connectivity index (χ0n) is 12.9. The molecule has 0 N–H and O–H groups in total. The summed E-state index contributed by atoms with van der Waals surface area (Å²) in [5.41, 5.74) is 2.84. The van der Waals surface area contributed by atoms with Gasteiger partial charge in [0.15, 0.2) is 0 Å². The molecule has 1 heterocycles. The van der Waals surface area contributed by atoms with E-state index < -0.39 is 0 Å². The van der Waals surface area contributed by atoms with Crippen molar-refractivity contribution in [3.63, 3.8) is 0 Å². The maximum Gasteiger partial charge on any atom is 0.308 e. The van der Waals surface area contributed by atoms with Crippen LogP contribution in [0.5, 0.6) is 0 Å². The Bertz CT molecular complexity index is 872. The Hall–Kier alpha value is -1.58. The van der Waals surface area contributed by atoms with Crippen LogP contribution < -0.4 is 4.87 Å². The summed E-state index contributed by atoms with van der Waals surface area (Å²) in [6.07, 6.45) is 0.768. The number of benzene rings is 2. The monoisotopic (exact) mass is 331 g/mol. The third-order valence-corrected chi connectivity index (χ3v) is 5.00. The van der Waals surface area contributed by atoms with Crippen molar-refractivity contribution in [2.45, 2.75) is 32.7 Å². The molecule has 0 atom stereocenters. The molecule has 0 bridgehead atoms. The smallest absolute Gasteiger partial charge is 0.292 e. The van der Waals surface area contributed by atoms with E-state index in [0.29, 0.717) is 5.02 Å². The number of halogens is 1. The molecular formula is C18H18ClNOS. The van der Waals surface area contributed by atoms with Crippen LogP contribution in [0.4, 0.5) is 0 Å². The summed E-state index contributed by atoms with van der Waals surface area (Å²) in [6, 6.07) is 14.3. The lowest BCUT2D eigenvalue weighted by atomic mass is 10.0. The van der Waals surface area contributed by atoms with Gasteiger partial charge in [0, 0.05) is 5.54 Å². The van der Waals surface area contributed by atoms with Crippen LogP contribution >= 0.6 is 22.9 Å². The van der Waals surface area contributed by atoms with Gasteiger partial charge >= 0.3 is 4.87 Å². The zero-order valence-corrected chi connectivity index (χ0v) is 14.5. The molecule has 0 unspecified atom stereocenters. The summed E-state index contributed by atoms with van der Waals surface area (Å²) in [7, 11) is 0. The van der Waals surface area contributed by atoms with E-state index in [2.05, 4.69) is 12.1 Å². The third-order valence-electron chi connectivity index (χ3n) is 3.67. The number of hydrogen-bond acceptors (Lipinski definition) is 2. The lowest BCUT2D eigenvalue weighted by molar-refractivity contribution is 0.404. The second-order valence-corrected chi connectivity index (χ2v) is 7.79.